The van der Waals surface area contributed by atoms with Crippen LogP contribution < -0.4 is 10.6 Å². The van der Waals surface area contributed by atoms with Crippen LogP contribution in [0.3, 0.4) is 0 Å². The van der Waals surface area contributed by atoms with E-state index >= 15 is 0 Å². The van der Waals surface area contributed by atoms with Crippen LogP contribution in [-0.4, -0.2) is 50.2 Å². The molecule has 0 aromatic heterocycles. The minimum Gasteiger partial charge on any atom is -0.348 e. The van der Waals surface area contributed by atoms with Crippen LogP contribution in [-0.2, 0) is 19.6 Å². The zero-order valence-electron chi connectivity index (χ0n) is 18.3. The molecule has 32 heavy (non-hydrogen) atoms. The van der Waals surface area contributed by atoms with E-state index in [0.717, 1.165) is 44.2 Å². The molecule has 3 rings (SSSR count). The molecule has 0 radical (unpaired) electrons. The Morgan fingerprint density at radius 2 is 1.72 bits per heavy atom. The van der Waals surface area contributed by atoms with E-state index in [1.165, 1.54) is 34.9 Å². The van der Waals surface area contributed by atoms with Gasteiger partial charge in [0.25, 0.3) is 0 Å². The van der Waals surface area contributed by atoms with Crippen molar-refractivity contribution in [3.63, 3.8) is 0 Å². The number of benzene rings is 1. The van der Waals surface area contributed by atoms with E-state index in [0.29, 0.717) is 25.9 Å². The monoisotopic (exact) mass is 465 g/mol. The lowest BCUT2D eigenvalue weighted by Gasteiger charge is -2.34. The second-order valence-electron chi connectivity index (χ2n) is 8.38. The quantitative estimate of drug-likeness (QED) is 0.456. The molecular weight excluding hydrogens is 433 g/mol. The SMILES string of the molecule is O=C(NCCC1=CCCCC1)C(=O)NCC[C@H]1CCCCN1S(=O)(=O)c1ccc(F)cc1. The summed E-state index contributed by atoms with van der Waals surface area (Å²) in [5.74, 6) is -1.86. The number of rotatable bonds is 8. The summed E-state index contributed by atoms with van der Waals surface area (Å²) in [6.45, 7) is 1.02. The largest absolute Gasteiger partial charge is 0.348 e. The molecule has 2 N–H and O–H groups in total. The van der Waals surface area contributed by atoms with Crippen LogP contribution in [0.25, 0.3) is 0 Å². The Balaban J connectivity index is 1.46. The van der Waals surface area contributed by atoms with Crippen molar-refractivity contribution in [2.75, 3.05) is 19.6 Å². The highest BCUT2D eigenvalue weighted by Gasteiger charge is 2.33. The van der Waals surface area contributed by atoms with Crippen LogP contribution in [0.2, 0.25) is 0 Å². The molecule has 9 heteroatoms. The number of halogens is 1. The smallest absolute Gasteiger partial charge is 0.309 e. The zero-order valence-corrected chi connectivity index (χ0v) is 19.1. The van der Waals surface area contributed by atoms with Crippen molar-refractivity contribution in [1.82, 2.24) is 14.9 Å². The lowest BCUT2D eigenvalue weighted by Crippen LogP contribution is -2.46. The van der Waals surface area contributed by atoms with Gasteiger partial charge in [0.05, 0.1) is 4.90 Å². The Morgan fingerprint density at radius 3 is 2.41 bits per heavy atom. The van der Waals surface area contributed by atoms with Gasteiger partial charge < -0.3 is 10.6 Å². The Morgan fingerprint density at radius 1 is 1.00 bits per heavy atom. The fourth-order valence-corrected chi connectivity index (χ4v) is 6.03. The Hall–Kier alpha value is -2.26. The van der Waals surface area contributed by atoms with Crippen LogP contribution >= 0.6 is 0 Å². The average Bonchev–Trinajstić information content (AvgIpc) is 2.80. The van der Waals surface area contributed by atoms with Gasteiger partial charge in [0.1, 0.15) is 5.82 Å². The third-order valence-electron chi connectivity index (χ3n) is 6.08. The maximum absolute atomic E-state index is 13.2. The predicted octanol–water partition coefficient (Wildman–Crippen LogP) is 2.88. The molecule has 1 aromatic carbocycles. The second-order valence-corrected chi connectivity index (χ2v) is 10.3. The van der Waals surface area contributed by atoms with Crippen molar-refractivity contribution in [2.24, 2.45) is 0 Å². The standard InChI is InChI=1S/C23H32FN3O4S/c24-19-9-11-21(12-10-19)32(30,31)27-17-5-4-8-20(27)14-16-26-23(29)22(28)25-15-13-18-6-2-1-3-7-18/h6,9-12,20H,1-5,7-8,13-17H2,(H,25,28)(H,26,29)/t20-/m1/s1. The van der Waals surface area contributed by atoms with Crippen LogP contribution in [0.1, 0.15) is 57.8 Å². The Bertz CT molecular complexity index is 931. The van der Waals surface area contributed by atoms with Crippen molar-refractivity contribution >= 4 is 21.8 Å². The number of allylic oxidation sites excluding steroid dienone is 1. The number of carbonyl (C=O) groups is 2. The van der Waals surface area contributed by atoms with Crippen molar-refractivity contribution in [3.05, 3.63) is 41.7 Å². The highest BCUT2D eigenvalue weighted by Crippen LogP contribution is 2.27. The molecule has 2 amide bonds. The molecule has 1 saturated heterocycles. The predicted molar refractivity (Wildman–Crippen MR) is 120 cm³/mol. The van der Waals surface area contributed by atoms with Crippen molar-refractivity contribution < 1.29 is 22.4 Å². The first-order valence-electron chi connectivity index (χ1n) is 11.4. The summed E-state index contributed by atoms with van der Waals surface area (Å²) in [4.78, 5) is 24.2. The number of amides is 2. The molecule has 0 saturated carbocycles. The van der Waals surface area contributed by atoms with Gasteiger partial charge >= 0.3 is 11.8 Å². The molecule has 176 valence electrons. The summed E-state index contributed by atoms with van der Waals surface area (Å²) in [6.07, 6.45) is 10.2. The molecule has 0 spiro atoms. The number of piperidine rings is 1. The van der Waals surface area contributed by atoms with Crippen LogP contribution in [0.5, 0.6) is 0 Å². The summed E-state index contributed by atoms with van der Waals surface area (Å²) >= 11 is 0. The maximum atomic E-state index is 13.2. The third-order valence-corrected chi connectivity index (χ3v) is 8.05. The lowest BCUT2D eigenvalue weighted by atomic mass is 9.97. The van der Waals surface area contributed by atoms with Gasteiger partial charge in [-0.1, -0.05) is 18.1 Å². The normalized spacial score (nSPS) is 19.8. The van der Waals surface area contributed by atoms with Crippen molar-refractivity contribution in [2.45, 2.75) is 68.7 Å². The van der Waals surface area contributed by atoms with Gasteiger partial charge in [0.2, 0.25) is 10.0 Å². The maximum Gasteiger partial charge on any atom is 0.309 e. The van der Waals surface area contributed by atoms with Gasteiger partial charge in [-0.15, -0.1) is 0 Å². The fourth-order valence-electron chi connectivity index (χ4n) is 4.30. The molecule has 1 heterocycles. The molecule has 1 atom stereocenters. The minimum atomic E-state index is -3.75. The van der Waals surface area contributed by atoms with E-state index in [9.17, 15) is 22.4 Å². The molecule has 2 aliphatic rings. The summed E-state index contributed by atoms with van der Waals surface area (Å²) in [5, 5.41) is 5.25. The van der Waals surface area contributed by atoms with Crippen LogP contribution in [0, 0.1) is 5.82 Å². The first-order valence-corrected chi connectivity index (χ1v) is 12.8. The van der Waals surface area contributed by atoms with Gasteiger partial charge in [-0.05, 0) is 75.6 Å². The first-order chi connectivity index (χ1) is 15.4. The Labute approximate surface area is 189 Å². The number of nitrogens with zero attached hydrogens (tertiary/aromatic N) is 1. The molecular formula is C23H32FN3O4S. The van der Waals surface area contributed by atoms with E-state index in [4.69, 9.17) is 0 Å². The summed E-state index contributed by atoms with van der Waals surface area (Å²) in [7, 11) is -3.75. The van der Waals surface area contributed by atoms with Crippen molar-refractivity contribution in [3.8, 4) is 0 Å². The lowest BCUT2D eigenvalue weighted by molar-refractivity contribution is -0.139. The topological polar surface area (TPSA) is 95.6 Å². The van der Waals surface area contributed by atoms with E-state index in [2.05, 4.69) is 16.7 Å². The van der Waals surface area contributed by atoms with E-state index in [1.807, 2.05) is 0 Å². The molecule has 0 unspecified atom stereocenters. The third kappa shape index (κ3) is 6.62. The van der Waals surface area contributed by atoms with Gasteiger partial charge in [-0.25, -0.2) is 12.8 Å². The summed E-state index contributed by atoms with van der Waals surface area (Å²) < 4.78 is 40.6. The molecule has 1 aliphatic heterocycles. The van der Waals surface area contributed by atoms with Gasteiger partial charge in [0, 0.05) is 25.7 Å². The zero-order chi connectivity index (χ0) is 23.0. The summed E-state index contributed by atoms with van der Waals surface area (Å²) in [6, 6.07) is 4.53. The number of carbonyl (C=O) groups excluding carboxylic acids is 2. The molecule has 1 fully saturated rings. The first kappa shape index (κ1) is 24.4. The number of sulfonamides is 1. The van der Waals surface area contributed by atoms with Crippen LogP contribution in [0.15, 0.2) is 40.8 Å². The van der Waals surface area contributed by atoms with Crippen LogP contribution in [0.4, 0.5) is 4.39 Å². The van der Waals surface area contributed by atoms with Gasteiger partial charge in [-0.2, -0.15) is 4.31 Å². The highest BCUT2D eigenvalue weighted by atomic mass is 32.2. The number of hydrogen-bond donors (Lipinski definition) is 2. The fraction of sp³-hybridized carbons (Fsp3) is 0.565. The Kier molecular flexibility index (Phi) is 8.81. The van der Waals surface area contributed by atoms with Gasteiger partial charge in [0.15, 0.2) is 0 Å². The average molecular weight is 466 g/mol. The number of nitrogens with one attached hydrogen (secondary N) is 2. The molecule has 0 bridgehead atoms. The van der Waals surface area contributed by atoms with Crippen molar-refractivity contribution in [1.29, 1.82) is 0 Å². The van der Waals surface area contributed by atoms with E-state index in [1.54, 1.807) is 0 Å². The number of hydrogen-bond acceptors (Lipinski definition) is 4. The van der Waals surface area contributed by atoms with E-state index in [-0.39, 0.29) is 17.5 Å². The summed E-state index contributed by atoms with van der Waals surface area (Å²) in [5.41, 5.74) is 1.33. The molecule has 1 aromatic rings. The van der Waals surface area contributed by atoms with Gasteiger partial charge in [-0.3, -0.25) is 9.59 Å². The minimum absolute atomic E-state index is 0.0577. The molecule has 1 aliphatic carbocycles. The highest BCUT2D eigenvalue weighted by molar-refractivity contribution is 7.89. The second kappa shape index (κ2) is 11.6. The molecule has 7 nitrogen and oxygen atoms in total. The van der Waals surface area contributed by atoms with E-state index < -0.39 is 27.7 Å².